The molecule has 0 bridgehead atoms. The number of methoxy groups -OCH3 is 1. The molecular weight excluding hydrogens is 382 g/mol. The Morgan fingerprint density at radius 1 is 1.27 bits per heavy atom. The first-order chi connectivity index (χ1) is 11.8. The van der Waals surface area contributed by atoms with E-state index in [1.54, 1.807) is 17.9 Å². The van der Waals surface area contributed by atoms with E-state index in [9.17, 15) is 18.0 Å². The summed E-state index contributed by atoms with van der Waals surface area (Å²) in [4.78, 5) is 25.6. The molecular formula is C16H24ClN3O5S. The van der Waals surface area contributed by atoms with Crippen LogP contribution in [0.5, 0.6) is 0 Å². The number of hydrogen-bond acceptors (Lipinski definition) is 6. The van der Waals surface area contributed by atoms with Gasteiger partial charge in [0.1, 0.15) is 0 Å². The standard InChI is InChI=1S/C16H23N3O5S.ClH/c1-12-4-5-13(16(21)24-3)10-14(12)25(22,23)18(2)11-15(20)19-8-6-17-7-9-19;/h4-5,10,17H,6-9,11H2,1-3H3;1H. The van der Waals surface area contributed by atoms with Crippen molar-refractivity contribution in [1.82, 2.24) is 14.5 Å². The number of rotatable bonds is 5. The van der Waals surface area contributed by atoms with Crippen LogP contribution in [0, 0.1) is 6.92 Å². The van der Waals surface area contributed by atoms with Gasteiger partial charge in [0.25, 0.3) is 0 Å². The third-order valence-corrected chi connectivity index (χ3v) is 6.07. The molecule has 1 saturated heterocycles. The van der Waals surface area contributed by atoms with Gasteiger partial charge in [-0.3, -0.25) is 4.79 Å². The van der Waals surface area contributed by atoms with Crippen molar-refractivity contribution in [2.24, 2.45) is 0 Å². The van der Waals surface area contributed by atoms with Crippen LogP contribution in [0.3, 0.4) is 0 Å². The monoisotopic (exact) mass is 405 g/mol. The highest BCUT2D eigenvalue weighted by Gasteiger charge is 2.28. The second-order valence-corrected chi connectivity index (χ2v) is 7.88. The van der Waals surface area contributed by atoms with Crippen molar-refractivity contribution in [3.8, 4) is 0 Å². The summed E-state index contributed by atoms with van der Waals surface area (Å²) >= 11 is 0. The van der Waals surface area contributed by atoms with Crippen LogP contribution >= 0.6 is 12.4 Å². The maximum Gasteiger partial charge on any atom is 0.337 e. The number of hydrogen-bond donors (Lipinski definition) is 1. The van der Waals surface area contributed by atoms with Gasteiger partial charge < -0.3 is 15.0 Å². The third-order valence-electron chi connectivity index (χ3n) is 4.13. The van der Waals surface area contributed by atoms with Gasteiger partial charge in [-0.2, -0.15) is 4.31 Å². The average Bonchev–Trinajstić information content (AvgIpc) is 2.61. The Bertz CT molecular complexity index is 763. The Hall–Kier alpha value is -1.68. The van der Waals surface area contributed by atoms with Crippen molar-refractivity contribution >= 4 is 34.3 Å². The van der Waals surface area contributed by atoms with Crippen molar-refractivity contribution in [1.29, 1.82) is 0 Å². The molecule has 0 atom stereocenters. The summed E-state index contributed by atoms with van der Waals surface area (Å²) in [6, 6.07) is 4.33. The number of nitrogens with one attached hydrogen (secondary N) is 1. The van der Waals surface area contributed by atoms with Crippen LogP contribution in [0.4, 0.5) is 0 Å². The fourth-order valence-corrected chi connectivity index (χ4v) is 3.95. The molecule has 0 aromatic heterocycles. The Balaban J connectivity index is 0.00000338. The molecule has 26 heavy (non-hydrogen) atoms. The number of piperazine rings is 1. The van der Waals surface area contributed by atoms with Crippen molar-refractivity contribution < 1.29 is 22.7 Å². The molecule has 0 unspecified atom stereocenters. The topological polar surface area (TPSA) is 96.0 Å². The fourth-order valence-electron chi connectivity index (χ4n) is 2.58. The molecule has 1 aromatic carbocycles. The number of sulfonamides is 1. The maximum absolute atomic E-state index is 12.8. The molecule has 0 radical (unpaired) electrons. The third kappa shape index (κ3) is 4.94. The molecule has 8 nitrogen and oxygen atoms in total. The van der Waals surface area contributed by atoms with Crippen molar-refractivity contribution in [3.05, 3.63) is 29.3 Å². The van der Waals surface area contributed by atoms with Gasteiger partial charge in [0.15, 0.2) is 0 Å². The zero-order valence-corrected chi connectivity index (χ0v) is 16.7. The number of nitrogens with zero attached hydrogens (tertiary/aromatic N) is 2. The normalized spacial score (nSPS) is 14.7. The highest BCUT2D eigenvalue weighted by Crippen LogP contribution is 2.21. The fraction of sp³-hybridized carbons (Fsp3) is 0.500. The number of aryl methyl sites for hydroxylation is 1. The van der Waals surface area contributed by atoms with Crippen LogP contribution in [-0.4, -0.2) is 76.4 Å². The van der Waals surface area contributed by atoms with E-state index in [1.807, 2.05) is 0 Å². The lowest BCUT2D eigenvalue weighted by molar-refractivity contribution is -0.131. The highest BCUT2D eigenvalue weighted by atomic mass is 35.5. The van der Waals surface area contributed by atoms with Crippen LogP contribution < -0.4 is 5.32 Å². The lowest BCUT2D eigenvalue weighted by atomic mass is 10.1. The number of esters is 1. The predicted octanol–water partition coefficient (Wildman–Crippen LogP) is 0.256. The summed E-state index contributed by atoms with van der Waals surface area (Å²) in [6.45, 7) is 3.91. The van der Waals surface area contributed by atoms with Gasteiger partial charge in [-0.15, -0.1) is 12.4 Å². The second kappa shape index (κ2) is 9.31. The number of benzene rings is 1. The number of carbonyl (C=O) groups is 2. The van der Waals surface area contributed by atoms with Crippen molar-refractivity contribution in [2.45, 2.75) is 11.8 Å². The van der Waals surface area contributed by atoms with Crippen LogP contribution in [0.1, 0.15) is 15.9 Å². The molecule has 0 saturated carbocycles. The maximum atomic E-state index is 12.8. The van der Waals surface area contributed by atoms with Gasteiger partial charge in [0, 0.05) is 33.2 Å². The minimum Gasteiger partial charge on any atom is -0.465 e. The largest absolute Gasteiger partial charge is 0.465 e. The van der Waals surface area contributed by atoms with Crippen LogP contribution in [-0.2, 0) is 19.6 Å². The lowest BCUT2D eigenvalue weighted by Gasteiger charge is -2.29. The van der Waals surface area contributed by atoms with E-state index in [-0.39, 0.29) is 35.3 Å². The Labute approximate surface area is 159 Å². The molecule has 10 heteroatoms. The first-order valence-corrected chi connectivity index (χ1v) is 9.35. The molecule has 0 spiro atoms. The molecule has 1 aliphatic rings. The minimum absolute atomic E-state index is 0. The minimum atomic E-state index is -3.91. The van der Waals surface area contributed by atoms with Crippen LogP contribution in [0.15, 0.2) is 23.1 Å². The number of likely N-dealkylation sites (N-methyl/N-ethyl adjacent to an activating group) is 1. The van der Waals surface area contributed by atoms with Crippen LogP contribution in [0.25, 0.3) is 0 Å². The van der Waals surface area contributed by atoms with Gasteiger partial charge in [-0.05, 0) is 24.6 Å². The smallest absolute Gasteiger partial charge is 0.337 e. The SMILES string of the molecule is COC(=O)c1ccc(C)c(S(=O)(=O)N(C)CC(=O)N2CCNCC2)c1.Cl. The van der Waals surface area contributed by atoms with E-state index < -0.39 is 16.0 Å². The van der Waals surface area contributed by atoms with E-state index in [0.717, 1.165) is 4.31 Å². The van der Waals surface area contributed by atoms with Gasteiger partial charge in [0.2, 0.25) is 15.9 Å². The van der Waals surface area contributed by atoms with Gasteiger partial charge >= 0.3 is 5.97 Å². The summed E-state index contributed by atoms with van der Waals surface area (Å²) in [5, 5.41) is 3.14. The van der Waals surface area contributed by atoms with E-state index in [4.69, 9.17) is 0 Å². The molecule has 1 aromatic rings. The Morgan fingerprint density at radius 3 is 2.46 bits per heavy atom. The number of halogens is 1. The summed E-state index contributed by atoms with van der Waals surface area (Å²) in [7, 11) is -1.31. The first-order valence-electron chi connectivity index (χ1n) is 7.91. The van der Waals surface area contributed by atoms with E-state index in [2.05, 4.69) is 10.1 Å². The van der Waals surface area contributed by atoms with Crippen molar-refractivity contribution in [3.63, 3.8) is 0 Å². The number of carbonyl (C=O) groups excluding carboxylic acids is 2. The summed E-state index contributed by atoms with van der Waals surface area (Å²) < 4.78 is 31.3. The second-order valence-electron chi connectivity index (χ2n) is 5.86. The number of ether oxygens (including phenoxy) is 1. The molecule has 1 heterocycles. The van der Waals surface area contributed by atoms with Gasteiger partial charge in [-0.25, -0.2) is 13.2 Å². The average molecular weight is 406 g/mol. The Morgan fingerprint density at radius 2 is 1.88 bits per heavy atom. The van der Waals surface area contributed by atoms with Gasteiger partial charge in [0.05, 0.1) is 24.1 Å². The lowest BCUT2D eigenvalue weighted by Crippen LogP contribution is -2.49. The van der Waals surface area contributed by atoms with E-state index in [1.165, 1.54) is 26.3 Å². The zero-order valence-electron chi connectivity index (χ0n) is 15.0. The molecule has 1 N–H and O–H groups in total. The van der Waals surface area contributed by atoms with Gasteiger partial charge in [-0.1, -0.05) is 6.07 Å². The summed E-state index contributed by atoms with van der Waals surface area (Å²) in [6.07, 6.45) is 0. The molecule has 1 fully saturated rings. The molecule has 1 amide bonds. The van der Waals surface area contributed by atoms with E-state index >= 15 is 0 Å². The first kappa shape index (κ1) is 22.4. The molecule has 1 aliphatic heterocycles. The molecule has 0 aliphatic carbocycles. The quantitative estimate of drug-likeness (QED) is 0.706. The van der Waals surface area contributed by atoms with E-state index in [0.29, 0.717) is 31.7 Å². The van der Waals surface area contributed by atoms with Crippen molar-refractivity contribution in [2.75, 3.05) is 46.9 Å². The predicted molar refractivity (Wildman–Crippen MR) is 99.0 cm³/mol. The summed E-state index contributed by atoms with van der Waals surface area (Å²) in [5.41, 5.74) is 0.641. The summed E-state index contributed by atoms with van der Waals surface area (Å²) in [5.74, 6) is -0.856. The van der Waals surface area contributed by atoms with Crippen LogP contribution in [0.2, 0.25) is 0 Å². The zero-order chi connectivity index (χ0) is 18.6. The number of amides is 1. The highest BCUT2D eigenvalue weighted by molar-refractivity contribution is 7.89. The Kier molecular flexibility index (Phi) is 8.01. The molecule has 146 valence electrons. The molecule has 2 rings (SSSR count).